The summed E-state index contributed by atoms with van der Waals surface area (Å²) in [5.74, 6) is -1.96. The predicted octanol–water partition coefficient (Wildman–Crippen LogP) is 0.569. The zero-order chi connectivity index (χ0) is 14.8. The number of nitrogens with one attached hydrogen (secondary N) is 1. The van der Waals surface area contributed by atoms with Gasteiger partial charge in [-0.25, -0.2) is 13.2 Å². The van der Waals surface area contributed by atoms with Gasteiger partial charge in [-0.15, -0.1) is 0 Å². The molecule has 0 heterocycles. The molecular formula is C11H21NO5S. The maximum atomic E-state index is 12.0. The van der Waals surface area contributed by atoms with Crippen molar-refractivity contribution in [3.63, 3.8) is 0 Å². The van der Waals surface area contributed by atoms with Gasteiger partial charge >= 0.3 is 5.97 Å². The van der Waals surface area contributed by atoms with Crippen molar-refractivity contribution in [2.45, 2.75) is 50.8 Å². The summed E-state index contributed by atoms with van der Waals surface area (Å²) in [7, 11) is -3.62. The largest absolute Gasteiger partial charge is 0.480 e. The lowest BCUT2D eigenvalue weighted by Crippen LogP contribution is -2.60. The fraction of sp³-hybridized carbons (Fsp3) is 0.818. The minimum absolute atomic E-state index is 0.185. The van der Waals surface area contributed by atoms with E-state index in [2.05, 4.69) is 5.32 Å². The lowest BCUT2D eigenvalue weighted by atomic mass is 9.92. The molecular weight excluding hydrogens is 258 g/mol. The lowest BCUT2D eigenvalue weighted by molar-refractivity contribution is -0.148. The van der Waals surface area contributed by atoms with Crippen molar-refractivity contribution >= 4 is 21.7 Å². The summed E-state index contributed by atoms with van der Waals surface area (Å²) < 4.78 is 21.4. The summed E-state index contributed by atoms with van der Waals surface area (Å²) in [6, 6.07) is 0. The molecule has 1 amide bonds. The molecule has 106 valence electrons. The molecule has 6 nitrogen and oxygen atoms in total. The van der Waals surface area contributed by atoms with E-state index in [1.165, 1.54) is 13.8 Å². The van der Waals surface area contributed by atoms with Gasteiger partial charge in [0, 0.05) is 6.26 Å². The molecule has 0 rings (SSSR count). The Morgan fingerprint density at radius 2 is 1.56 bits per heavy atom. The van der Waals surface area contributed by atoms with E-state index < -0.39 is 32.0 Å². The van der Waals surface area contributed by atoms with E-state index in [0.29, 0.717) is 0 Å². The van der Waals surface area contributed by atoms with E-state index in [4.69, 9.17) is 0 Å². The van der Waals surface area contributed by atoms with E-state index >= 15 is 0 Å². The van der Waals surface area contributed by atoms with Crippen LogP contribution in [0.2, 0.25) is 0 Å². The maximum absolute atomic E-state index is 12.0. The van der Waals surface area contributed by atoms with Gasteiger partial charge in [-0.3, -0.25) is 4.79 Å². The molecule has 0 saturated carbocycles. The lowest BCUT2D eigenvalue weighted by Gasteiger charge is -2.32. The highest BCUT2D eigenvalue weighted by molar-refractivity contribution is 7.92. The molecule has 0 atom stereocenters. The van der Waals surface area contributed by atoms with Crippen LogP contribution in [0.3, 0.4) is 0 Å². The molecule has 18 heavy (non-hydrogen) atoms. The third-order valence-electron chi connectivity index (χ3n) is 3.44. The quantitative estimate of drug-likeness (QED) is 0.740. The average Bonchev–Trinajstić information content (AvgIpc) is 2.23. The number of aliphatic carboxylic acids is 1. The van der Waals surface area contributed by atoms with Crippen LogP contribution in [0.25, 0.3) is 0 Å². The van der Waals surface area contributed by atoms with Gasteiger partial charge in [0.05, 0.1) is 0 Å². The minimum Gasteiger partial charge on any atom is -0.480 e. The smallest absolute Gasteiger partial charge is 0.329 e. The molecule has 7 heteroatoms. The number of carbonyl (C=O) groups excluding carboxylic acids is 1. The third kappa shape index (κ3) is 3.01. The Kier molecular flexibility index (Phi) is 4.93. The van der Waals surface area contributed by atoms with Crippen molar-refractivity contribution in [2.75, 3.05) is 6.26 Å². The second-order valence-corrected chi connectivity index (χ2v) is 7.40. The van der Waals surface area contributed by atoms with Crippen LogP contribution in [-0.2, 0) is 19.4 Å². The SMILES string of the molecule is CCC(CC)(NC(=O)C(C)(C)S(C)(=O)=O)C(=O)O. The summed E-state index contributed by atoms with van der Waals surface area (Å²) in [5.41, 5.74) is -1.42. The van der Waals surface area contributed by atoms with E-state index in [1.54, 1.807) is 13.8 Å². The van der Waals surface area contributed by atoms with E-state index in [1.807, 2.05) is 0 Å². The number of carboxylic acid groups (broad SMARTS) is 1. The van der Waals surface area contributed by atoms with Gasteiger partial charge < -0.3 is 10.4 Å². The molecule has 0 aromatic carbocycles. The average molecular weight is 279 g/mol. The second kappa shape index (κ2) is 5.26. The molecule has 0 aromatic rings. The molecule has 0 spiro atoms. The van der Waals surface area contributed by atoms with Crippen molar-refractivity contribution in [1.29, 1.82) is 0 Å². The van der Waals surface area contributed by atoms with E-state index in [9.17, 15) is 23.1 Å². The monoisotopic (exact) mass is 279 g/mol. The minimum atomic E-state index is -3.62. The summed E-state index contributed by atoms with van der Waals surface area (Å²) >= 11 is 0. The molecule has 0 saturated heterocycles. The van der Waals surface area contributed by atoms with Gasteiger partial charge in [0.1, 0.15) is 10.3 Å². The van der Waals surface area contributed by atoms with Crippen molar-refractivity contribution in [3.05, 3.63) is 0 Å². The van der Waals surface area contributed by atoms with Crippen LogP contribution in [0.4, 0.5) is 0 Å². The number of amides is 1. The van der Waals surface area contributed by atoms with Gasteiger partial charge in [0.2, 0.25) is 5.91 Å². The maximum Gasteiger partial charge on any atom is 0.329 e. The van der Waals surface area contributed by atoms with Gasteiger partial charge in [-0.05, 0) is 26.7 Å². The van der Waals surface area contributed by atoms with Crippen LogP contribution in [0.5, 0.6) is 0 Å². The molecule has 0 aliphatic heterocycles. The van der Waals surface area contributed by atoms with Gasteiger partial charge in [0.15, 0.2) is 9.84 Å². The number of hydrogen-bond acceptors (Lipinski definition) is 4. The van der Waals surface area contributed by atoms with E-state index in [0.717, 1.165) is 6.26 Å². The van der Waals surface area contributed by atoms with Gasteiger partial charge in [-0.2, -0.15) is 0 Å². The zero-order valence-electron chi connectivity index (χ0n) is 11.4. The topological polar surface area (TPSA) is 101 Å². The number of hydrogen-bond donors (Lipinski definition) is 2. The second-order valence-electron chi connectivity index (χ2n) is 4.83. The highest BCUT2D eigenvalue weighted by atomic mass is 32.2. The highest BCUT2D eigenvalue weighted by Gasteiger charge is 2.44. The fourth-order valence-corrected chi connectivity index (χ4v) is 1.71. The molecule has 0 radical (unpaired) electrons. The number of carboxylic acids is 1. The summed E-state index contributed by atoms with van der Waals surface area (Å²) in [6.45, 7) is 5.78. The number of carbonyl (C=O) groups is 2. The summed E-state index contributed by atoms with van der Waals surface area (Å²) in [4.78, 5) is 23.2. The van der Waals surface area contributed by atoms with Crippen LogP contribution < -0.4 is 5.32 Å². The normalized spacial score (nSPS) is 13.2. The molecule has 0 unspecified atom stereocenters. The first-order chi connectivity index (χ1) is 7.94. The Labute approximate surface area is 108 Å². The van der Waals surface area contributed by atoms with Crippen LogP contribution >= 0.6 is 0 Å². The molecule has 0 aliphatic carbocycles. The Bertz CT molecular complexity index is 434. The summed E-state index contributed by atoms with van der Waals surface area (Å²) in [6.07, 6.45) is 1.32. The van der Waals surface area contributed by atoms with Crippen molar-refractivity contribution < 1.29 is 23.1 Å². The molecule has 0 aliphatic rings. The Hall–Kier alpha value is -1.11. The Morgan fingerprint density at radius 1 is 1.17 bits per heavy atom. The Morgan fingerprint density at radius 3 is 1.78 bits per heavy atom. The number of sulfone groups is 1. The van der Waals surface area contributed by atoms with Gasteiger partial charge in [-0.1, -0.05) is 13.8 Å². The van der Waals surface area contributed by atoms with Crippen LogP contribution in [0, 0.1) is 0 Å². The molecule has 0 aromatic heterocycles. The van der Waals surface area contributed by atoms with Crippen LogP contribution in [-0.4, -0.2) is 41.9 Å². The zero-order valence-corrected chi connectivity index (χ0v) is 12.2. The van der Waals surface area contributed by atoms with Crippen molar-refractivity contribution in [2.24, 2.45) is 0 Å². The number of rotatable bonds is 6. The fourth-order valence-electron chi connectivity index (χ4n) is 1.32. The third-order valence-corrected chi connectivity index (χ3v) is 5.48. The highest BCUT2D eigenvalue weighted by Crippen LogP contribution is 2.21. The first-order valence-corrected chi connectivity index (χ1v) is 7.59. The van der Waals surface area contributed by atoms with Crippen LogP contribution in [0.15, 0.2) is 0 Å². The first-order valence-electron chi connectivity index (χ1n) is 5.70. The summed E-state index contributed by atoms with van der Waals surface area (Å²) in [5, 5.41) is 11.5. The van der Waals surface area contributed by atoms with Crippen molar-refractivity contribution in [1.82, 2.24) is 5.32 Å². The molecule has 0 fully saturated rings. The first kappa shape index (κ1) is 16.9. The predicted molar refractivity (Wildman–Crippen MR) is 68.0 cm³/mol. The molecule has 2 N–H and O–H groups in total. The Balaban J connectivity index is 5.35. The van der Waals surface area contributed by atoms with E-state index in [-0.39, 0.29) is 12.8 Å². The molecule has 0 bridgehead atoms. The van der Waals surface area contributed by atoms with Crippen molar-refractivity contribution in [3.8, 4) is 0 Å². The standard InChI is InChI=1S/C11H21NO5S/c1-6-11(7-2,9(14)15)12-8(13)10(3,4)18(5,16)17/h6-7H2,1-5H3,(H,12,13)(H,14,15). The van der Waals surface area contributed by atoms with Gasteiger partial charge in [0.25, 0.3) is 0 Å². The van der Waals surface area contributed by atoms with Crippen LogP contribution in [0.1, 0.15) is 40.5 Å².